The van der Waals surface area contributed by atoms with Crippen molar-refractivity contribution < 1.29 is 19.1 Å². The quantitative estimate of drug-likeness (QED) is 0.660. The molecule has 0 N–H and O–H groups in total. The van der Waals surface area contributed by atoms with Crippen LogP contribution in [0.3, 0.4) is 0 Å². The lowest BCUT2D eigenvalue weighted by Crippen LogP contribution is -2.45. The Morgan fingerprint density at radius 3 is 1.88 bits per heavy atom. The van der Waals surface area contributed by atoms with Gasteiger partial charge in [0.25, 0.3) is 0 Å². The summed E-state index contributed by atoms with van der Waals surface area (Å²) in [6.45, 7) is 2.72. The lowest BCUT2D eigenvalue weighted by Gasteiger charge is -2.26. The zero-order chi connectivity index (χ0) is 12.1. The van der Waals surface area contributed by atoms with Crippen LogP contribution in [0, 0.1) is 0 Å². The monoisotopic (exact) mass is 229 g/mol. The van der Waals surface area contributed by atoms with Crippen molar-refractivity contribution in [1.82, 2.24) is 4.90 Å². The van der Waals surface area contributed by atoms with Crippen LogP contribution in [0.25, 0.3) is 0 Å². The van der Waals surface area contributed by atoms with Gasteiger partial charge in [0.15, 0.2) is 0 Å². The smallest absolute Gasteiger partial charge is 0.323 e. The minimum Gasteiger partial charge on any atom is -0.468 e. The first-order valence-corrected chi connectivity index (χ1v) is 5.57. The van der Waals surface area contributed by atoms with E-state index in [1.165, 1.54) is 14.2 Å². The highest BCUT2D eigenvalue weighted by molar-refractivity contribution is 5.81. The number of ether oxygens (including phenoxy) is 2. The van der Waals surface area contributed by atoms with Crippen LogP contribution in [0.1, 0.15) is 26.2 Å². The van der Waals surface area contributed by atoms with Gasteiger partial charge < -0.3 is 9.47 Å². The molecule has 5 heteroatoms. The normalized spacial score (nSPS) is 25.4. The molecule has 0 aromatic heterocycles. The largest absolute Gasteiger partial charge is 0.468 e. The molecule has 0 amide bonds. The second kappa shape index (κ2) is 5.84. The average Bonchev–Trinajstić information content (AvgIpc) is 2.71. The van der Waals surface area contributed by atoms with E-state index in [1.807, 2.05) is 11.8 Å². The summed E-state index contributed by atoms with van der Waals surface area (Å²) in [5.41, 5.74) is 0. The van der Waals surface area contributed by atoms with Gasteiger partial charge in [0.05, 0.1) is 14.2 Å². The number of likely N-dealkylation sites (tertiary alicyclic amines) is 1. The van der Waals surface area contributed by atoms with E-state index in [9.17, 15) is 9.59 Å². The highest BCUT2D eigenvalue weighted by Crippen LogP contribution is 2.26. The molecular weight excluding hydrogens is 210 g/mol. The summed E-state index contributed by atoms with van der Waals surface area (Å²) in [4.78, 5) is 25.0. The van der Waals surface area contributed by atoms with Crippen LogP contribution in [0.4, 0.5) is 0 Å². The molecule has 0 bridgehead atoms. The van der Waals surface area contributed by atoms with Gasteiger partial charge in [-0.2, -0.15) is 0 Å². The van der Waals surface area contributed by atoms with Gasteiger partial charge in [-0.05, 0) is 25.8 Å². The summed E-state index contributed by atoms with van der Waals surface area (Å²) in [7, 11) is 2.75. The summed E-state index contributed by atoms with van der Waals surface area (Å²) in [5, 5.41) is 0. The fourth-order valence-corrected chi connectivity index (χ4v) is 2.21. The first kappa shape index (κ1) is 13.0. The van der Waals surface area contributed by atoms with E-state index >= 15 is 0 Å². The molecule has 1 fully saturated rings. The Balaban J connectivity index is 2.75. The van der Waals surface area contributed by atoms with Crippen LogP contribution in [0.2, 0.25) is 0 Å². The maximum Gasteiger partial charge on any atom is 0.323 e. The predicted octanol–water partition coefficient (Wildman–Crippen LogP) is 0.575. The molecule has 0 aromatic carbocycles. The lowest BCUT2D eigenvalue weighted by molar-refractivity contribution is -0.150. The van der Waals surface area contributed by atoms with Crippen LogP contribution >= 0.6 is 0 Å². The molecule has 1 saturated heterocycles. The van der Waals surface area contributed by atoms with Crippen LogP contribution in [0.5, 0.6) is 0 Å². The standard InChI is InChI=1S/C11H19NO4/c1-4-7-12-8(10(13)15-2)5-6-9(12)11(14)16-3/h8-9H,4-7H2,1-3H3. The number of hydrogen-bond acceptors (Lipinski definition) is 5. The summed E-state index contributed by atoms with van der Waals surface area (Å²) < 4.78 is 9.48. The molecule has 0 radical (unpaired) electrons. The average molecular weight is 229 g/mol. The fourth-order valence-electron chi connectivity index (χ4n) is 2.21. The van der Waals surface area contributed by atoms with Gasteiger partial charge in [0, 0.05) is 0 Å². The highest BCUT2D eigenvalue weighted by atomic mass is 16.5. The summed E-state index contributed by atoms with van der Waals surface area (Å²) in [5.74, 6) is -0.528. The topological polar surface area (TPSA) is 55.8 Å². The SMILES string of the molecule is CCCN1C(C(=O)OC)CCC1C(=O)OC. The van der Waals surface area contributed by atoms with E-state index in [2.05, 4.69) is 0 Å². The first-order valence-electron chi connectivity index (χ1n) is 5.57. The second-order valence-corrected chi connectivity index (χ2v) is 3.89. The van der Waals surface area contributed by atoms with Crippen LogP contribution in [-0.4, -0.2) is 49.7 Å². The Kier molecular flexibility index (Phi) is 4.73. The van der Waals surface area contributed by atoms with E-state index < -0.39 is 0 Å². The van der Waals surface area contributed by atoms with E-state index in [0.29, 0.717) is 19.4 Å². The van der Waals surface area contributed by atoms with Crippen LogP contribution in [0.15, 0.2) is 0 Å². The van der Waals surface area contributed by atoms with Gasteiger partial charge >= 0.3 is 11.9 Å². The lowest BCUT2D eigenvalue weighted by atomic mass is 10.2. The third kappa shape index (κ3) is 2.52. The van der Waals surface area contributed by atoms with Crippen molar-refractivity contribution >= 4 is 11.9 Å². The van der Waals surface area contributed by atoms with Crippen LogP contribution in [-0.2, 0) is 19.1 Å². The van der Waals surface area contributed by atoms with Crippen molar-refractivity contribution in [3.63, 3.8) is 0 Å². The molecule has 1 heterocycles. The first-order chi connectivity index (χ1) is 7.65. The number of methoxy groups -OCH3 is 2. The molecular formula is C11H19NO4. The minimum absolute atomic E-state index is 0.264. The molecule has 1 aliphatic rings. The molecule has 0 saturated carbocycles. The number of rotatable bonds is 4. The van der Waals surface area contributed by atoms with Gasteiger partial charge in [-0.15, -0.1) is 0 Å². The highest BCUT2D eigenvalue weighted by Gasteiger charge is 2.41. The Morgan fingerprint density at radius 2 is 1.56 bits per heavy atom. The van der Waals surface area contributed by atoms with Gasteiger partial charge in [-0.3, -0.25) is 14.5 Å². The second-order valence-electron chi connectivity index (χ2n) is 3.89. The number of nitrogens with zero attached hydrogens (tertiary/aromatic N) is 1. The summed E-state index contributed by atoms with van der Waals surface area (Å²) >= 11 is 0. The number of carbonyl (C=O) groups excluding carboxylic acids is 2. The van der Waals surface area contributed by atoms with Gasteiger partial charge in [0.1, 0.15) is 12.1 Å². The van der Waals surface area contributed by atoms with Crippen molar-refractivity contribution in [2.75, 3.05) is 20.8 Å². The summed E-state index contributed by atoms with van der Waals surface area (Å²) in [6, 6.07) is -0.594. The van der Waals surface area contributed by atoms with Crippen molar-refractivity contribution in [2.24, 2.45) is 0 Å². The van der Waals surface area contributed by atoms with Crippen molar-refractivity contribution in [1.29, 1.82) is 0 Å². The molecule has 92 valence electrons. The maximum absolute atomic E-state index is 11.5. The number of carbonyl (C=O) groups is 2. The number of esters is 2. The third-order valence-corrected chi connectivity index (χ3v) is 2.94. The number of hydrogen-bond donors (Lipinski definition) is 0. The zero-order valence-electron chi connectivity index (χ0n) is 10.1. The zero-order valence-corrected chi connectivity index (χ0v) is 10.1. The molecule has 5 nitrogen and oxygen atoms in total. The molecule has 1 rings (SSSR count). The van der Waals surface area contributed by atoms with Crippen molar-refractivity contribution in [3.05, 3.63) is 0 Å². The van der Waals surface area contributed by atoms with E-state index in [1.54, 1.807) is 0 Å². The van der Waals surface area contributed by atoms with Gasteiger partial charge in [-0.1, -0.05) is 6.92 Å². The minimum atomic E-state index is -0.297. The van der Waals surface area contributed by atoms with Gasteiger partial charge in [0.2, 0.25) is 0 Å². The van der Waals surface area contributed by atoms with E-state index in [4.69, 9.17) is 9.47 Å². The Labute approximate surface area is 95.7 Å². The molecule has 0 aliphatic carbocycles. The third-order valence-electron chi connectivity index (χ3n) is 2.94. The molecule has 1 aliphatic heterocycles. The van der Waals surface area contributed by atoms with Crippen LogP contribution < -0.4 is 0 Å². The Morgan fingerprint density at radius 1 is 1.12 bits per heavy atom. The molecule has 0 spiro atoms. The molecule has 0 aromatic rings. The van der Waals surface area contributed by atoms with E-state index in [-0.39, 0.29) is 24.0 Å². The fraction of sp³-hybridized carbons (Fsp3) is 0.818. The van der Waals surface area contributed by atoms with Crippen molar-refractivity contribution in [2.45, 2.75) is 38.3 Å². The molecule has 16 heavy (non-hydrogen) atoms. The van der Waals surface area contributed by atoms with Gasteiger partial charge in [-0.25, -0.2) is 0 Å². The maximum atomic E-state index is 11.5. The predicted molar refractivity (Wildman–Crippen MR) is 57.8 cm³/mol. The Bertz CT molecular complexity index is 243. The van der Waals surface area contributed by atoms with Crippen molar-refractivity contribution in [3.8, 4) is 0 Å². The molecule has 2 unspecified atom stereocenters. The summed E-state index contributed by atoms with van der Waals surface area (Å²) in [6.07, 6.45) is 2.21. The van der Waals surface area contributed by atoms with E-state index in [0.717, 1.165) is 6.42 Å². The Hall–Kier alpha value is -1.10. The molecule has 2 atom stereocenters.